The smallest absolute Gasteiger partial charge is 0.334 e. The molecule has 1 aromatic heterocycles. The van der Waals surface area contributed by atoms with E-state index in [1.165, 1.54) is 16.2 Å². The number of nitrogens with two attached hydrogens (primary N) is 1. The Balaban J connectivity index is 1.46. The predicted molar refractivity (Wildman–Crippen MR) is 159 cm³/mol. The van der Waals surface area contributed by atoms with E-state index < -0.39 is 18.2 Å². The van der Waals surface area contributed by atoms with Gasteiger partial charge in [-0.3, -0.25) is 9.59 Å². The molecule has 13 heteroatoms. The second-order valence-electron chi connectivity index (χ2n) is 10.2. The Morgan fingerprint density at radius 1 is 1.12 bits per heavy atom. The average Bonchev–Trinajstić information content (AvgIpc) is 3.46. The third-order valence-corrected chi connectivity index (χ3v) is 8.22. The van der Waals surface area contributed by atoms with Crippen LogP contribution in [0.3, 0.4) is 0 Å². The maximum absolute atomic E-state index is 14.0. The predicted octanol–water partition coefficient (Wildman–Crippen LogP) is 2.24. The van der Waals surface area contributed by atoms with Crippen LogP contribution < -0.4 is 16.4 Å². The van der Waals surface area contributed by atoms with Crippen LogP contribution in [-0.4, -0.2) is 87.1 Å². The minimum atomic E-state index is -0.823. The summed E-state index contributed by atoms with van der Waals surface area (Å²) in [5.74, 6) is -0.468. The number of thiazole rings is 1. The minimum Gasteiger partial charge on any atom is -0.352 e. The van der Waals surface area contributed by atoms with Gasteiger partial charge >= 0.3 is 12.1 Å². The summed E-state index contributed by atoms with van der Waals surface area (Å²) in [4.78, 5) is 60.3. The Bertz CT molecular complexity index is 1460. The van der Waals surface area contributed by atoms with Crippen LogP contribution in [0.4, 0.5) is 9.59 Å². The number of hydrogen-bond donors (Lipinski definition) is 3. The molecular formula is C29H34N8O4S. The highest BCUT2D eigenvalue weighted by Crippen LogP contribution is 2.30. The number of aromatic nitrogens is 1. The van der Waals surface area contributed by atoms with Gasteiger partial charge in [-0.2, -0.15) is 0 Å². The van der Waals surface area contributed by atoms with Gasteiger partial charge in [-0.1, -0.05) is 48.5 Å². The van der Waals surface area contributed by atoms with Crippen molar-refractivity contribution in [1.82, 2.24) is 35.4 Å². The van der Waals surface area contributed by atoms with E-state index in [2.05, 4.69) is 22.2 Å². The summed E-state index contributed by atoms with van der Waals surface area (Å²) in [6.07, 6.45) is 1.60. The van der Waals surface area contributed by atoms with Gasteiger partial charge in [0.2, 0.25) is 11.8 Å². The van der Waals surface area contributed by atoms with Crippen molar-refractivity contribution >= 4 is 45.4 Å². The number of carbonyl (C=O) groups excluding carboxylic acids is 4. The molecular weight excluding hydrogens is 556 g/mol. The quantitative estimate of drug-likeness (QED) is 0.244. The summed E-state index contributed by atoms with van der Waals surface area (Å²) in [7, 11) is 0. The molecule has 12 nitrogen and oxygen atoms in total. The van der Waals surface area contributed by atoms with Gasteiger partial charge in [-0.25, -0.2) is 24.6 Å². The number of para-hydroxylation sites is 1. The van der Waals surface area contributed by atoms with Crippen molar-refractivity contribution in [2.24, 2.45) is 5.73 Å². The number of benzene rings is 2. The molecule has 3 aromatic rings. The molecule has 42 heavy (non-hydrogen) atoms. The molecule has 0 unspecified atom stereocenters. The molecule has 2 aromatic carbocycles. The highest BCUT2D eigenvalue weighted by molar-refractivity contribution is 7.16. The van der Waals surface area contributed by atoms with Crippen molar-refractivity contribution in [3.05, 3.63) is 77.8 Å². The molecule has 2 saturated heterocycles. The van der Waals surface area contributed by atoms with E-state index in [0.29, 0.717) is 19.4 Å². The van der Waals surface area contributed by atoms with Gasteiger partial charge in [0.25, 0.3) is 0 Å². The van der Waals surface area contributed by atoms with Gasteiger partial charge in [0, 0.05) is 26.2 Å². The lowest BCUT2D eigenvalue weighted by Gasteiger charge is -2.55. The molecule has 0 saturated carbocycles. The number of rotatable bonds is 10. The van der Waals surface area contributed by atoms with E-state index in [1.54, 1.807) is 26.5 Å². The third-order valence-electron chi connectivity index (χ3n) is 7.42. The summed E-state index contributed by atoms with van der Waals surface area (Å²) in [6, 6.07) is 13.5. The largest absolute Gasteiger partial charge is 0.352 e. The molecule has 0 spiro atoms. The second kappa shape index (κ2) is 13.0. The van der Waals surface area contributed by atoms with E-state index in [1.807, 2.05) is 48.5 Å². The monoisotopic (exact) mass is 590 g/mol. The van der Waals surface area contributed by atoms with Gasteiger partial charge < -0.3 is 26.2 Å². The zero-order valence-corrected chi connectivity index (χ0v) is 24.0. The van der Waals surface area contributed by atoms with Crippen LogP contribution in [0.1, 0.15) is 24.0 Å². The molecule has 2 fully saturated rings. The standard InChI is InChI=1S/C29H34N8O4S/c1-2-14-35-18-25(38)36-22(11-7-13-31-28(30)40)27(39)34(16-21-10-6-12-23-26(21)33-19-42-23)17-24(36)37(35)29(41)32-15-20-8-4-3-5-9-20/h2-6,8-10,12,19,22,24H,1,7,11,13-18H2,(H,32,41)(H3,30,31,40)/t22-,24-/m0/s1. The number of carbonyl (C=O) groups is 4. The zero-order valence-electron chi connectivity index (χ0n) is 23.1. The summed E-state index contributed by atoms with van der Waals surface area (Å²) in [6.45, 7) is 4.96. The van der Waals surface area contributed by atoms with Crippen LogP contribution in [-0.2, 0) is 22.7 Å². The molecule has 0 radical (unpaired) electrons. The fraction of sp³-hybridized carbons (Fsp3) is 0.345. The number of nitrogens with one attached hydrogen (secondary N) is 2. The van der Waals surface area contributed by atoms with Crippen molar-refractivity contribution in [3.63, 3.8) is 0 Å². The summed E-state index contributed by atoms with van der Waals surface area (Å²) >= 11 is 1.52. The first-order chi connectivity index (χ1) is 20.4. The van der Waals surface area contributed by atoms with Gasteiger partial charge in [0.05, 0.1) is 28.8 Å². The maximum atomic E-state index is 14.0. The summed E-state index contributed by atoms with van der Waals surface area (Å²) < 4.78 is 1.01. The zero-order chi connectivity index (χ0) is 29.6. The fourth-order valence-corrected chi connectivity index (χ4v) is 6.28. The van der Waals surface area contributed by atoms with E-state index in [4.69, 9.17) is 5.73 Å². The average molecular weight is 591 g/mol. The van der Waals surface area contributed by atoms with Gasteiger partial charge in [0.15, 0.2) is 0 Å². The third kappa shape index (κ3) is 6.21. The Hall–Kier alpha value is -4.49. The summed E-state index contributed by atoms with van der Waals surface area (Å²) in [5, 5.41) is 8.73. The Morgan fingerprint density at radius 3 is 2.69 bits per heavy atom. The number of primary amides is 1. The molecule has 0 aliphatic carbocycles. The number of nitrogens with zero attached hydrogens (tertiary/aromatic N) is 5. The fourth-order valence-electron chi connectivity index (χ4n) is 5.56. The number of piperazine rings is 1. The Labute approximate surface area is 247 Å². The number of urea groups is 2. The van der Waals surface area contributed by atoms with E-state index in [-0.39, 0.29) is 50.6 Å². The van der Waals surface area contributed by atoms with Crippen LogP contribution >= 0.6 is 11.3 Å². The van der Waals surface area contributed by atoms with E-state index >= 15 is 0 Å². The molecule has 3 heterocycles. The Morgan fingerprint density at radius 2 is 1.93 bits per heavy atom. The molecule has 5 rings (SSSR count). The molecule has 0 bridgehead atoms. The first-order valence-corrected chi connectivity index (χ1v) is 14.7. The Kier molecular flexibility index (Phi) is 8.98. The van der Waals surface area contributed by atoms with Crippen LogP contribution in [0, 0.1) is 0 Å². The van der Waals surface area contributed by atoms with Crippen LogP contribution in [0.5, 0.6) is 0 Å². The molecule has 2 aliphatic heterocycles. The van der Waals surface area contributed by atoms with Crippen molar-refractivity contribution in [2.75, 3.05) is 26.2 Å². The van der Waals surface area contributed by atoms with Crippen LogP contribution in [0.25, 0.3) is 10.2 Å². The van der Waals surface area contributed by atoms with E-state index in [9.17, 15) is 19.2 Å². The van der Waals surface area contributed by atoms with Gasteiger partial charge in [-0.05, 0) is 30.0 Å². The molecule has 2 aliphatic rings. The number of amides is 6. The first-order valence-electron chi connectivity index (χ1n) is 13.8. The highest BCUT2D eigenvalue weighted by Gasteiger charge is 2.51. The molecule has 2 atom stereocenters. The van der Waals surface area contributed by atoms with Crippen LogP contribution in [0.2, 0.25) is 0 Å². The van der Waals surface area contributed by atoms with Crippen molar-refractivity contribution in [1.29, 1.82) is 0 Å². The second-order valence-corrected chi connectivity index (χ2v) is 11.1. The van der Waals surface area contributed by atoms with Crippen LogP contribution in [0.15, 0.2) is 66.7 Å². The molecule has 6 amide bonds. The topological polar surface area (TPSA) is 144 Å². The SMILES string of the molecule is C=CCN1CC(=O)N2[C@@H](CCCNC(N)=O)C(=O)N(Cc3cccc4scnc34)C[C@@H]2N1C(=O)NCc1ccccc1. The lowest BCUT2D eigenvalue weighted by molar-refractivity contribution is -0.190. The maximum Gasteiger partial charge on any atom is 0.334 e. The van der Waals surface area contributed by atoms with Crippen molar-refractivity contribution < 1.29 is 19.2 Å². The van der Waals surface area contributed by atoms with Gasteiger partial charge in [0.1, 0.15) is 12.2 Å². The lowest BCUT2D eigenvalue weighted by Crippen LogP contribution is -2.76. The molecule has 4 N–H and O–H groups in total. The van der Waals surface area contributed by atoms with Crippen molar-refractivity contribution in [3.8, 4) is 0 Å². The highest BCUT2D eigenvalue weighted by atomic mass is 32.1. The first kappa shape index (κ1) is 29.0. The summed E-state index contributed by atoms with van der Waals surface area (Å²) in [5.41, 5.74) is 9.63. The minimum absolute atomic E-state index is 0.0806. The number of fused-ring (bicyclic) bond motifs is 2. The molecule has 220 valence electrons. The lowest BCUT2D eigenvalue weighted by atomic mass is 10.0. The number of hydrazine groups is 1. The van der Waals surface area contributed by atoms with E-state index in [0.717, 1.165) is 21.3 Å². The number of hydrogen-bond acceptors (Lipinski definition) is 7. The van der Waals surface area contributed by atoms with Crippen molar-refractivity contribution in [2.45, 2.75) is 38.1 Å². The normalized spacial score (nSPS) is 19.1. The van der Waals surface area contributed by atoms with Gasteiger partial charge in [-0.15, -0.1) is 17.9 Å².